The van der Waals surface area contributed by atoms with Crippen LogP contribution in [0.15, 0.2) is 0 Å². The second-order valence-electron chi connectivity index (χ2n) is 4.20. The van der Waals surface area contributed by atoms with Crippen LogP contribution in [-0.4, -0.2) is 37.6 Å². The molecule has 0 radical (unpaired) electrons. The zero-order valence-corrected chi connectivity index (χ0v) is 9.74. The molecule has 2 aliphatic heterocycles. The molecule has 88 valence electrons. The molecule has 2 aliphatic rings. The molecule has 5 heteroatoms. The minimum atomic E-state index is 0. The van der Waals surface area contributed by atoms with Crippen LogP contribution in [0.2, 0.25) is 0 Å². The van der Waals surface area contributed by atoms with E-state index in [-0.39, 0.29) is 24.4 Å². The number of hydrogen-bond donors (Lipinski definition) is 3. The minimum absolute atomic E-state index is 0. The normalized spacial score (nSPS) is 30.7. The topological polar surface area (TPSA) is 53.2 Å². The van der Waals surface area contributed by atoms with Gasteiger partial charge in [0.15, 0.2) is 0 Å². The molecule has 0 aliphatic carbocycles. The quantitative estimate of drug-likeness (QED) is 0.631. The lowest BCUT2D eigenvalue weighted by Gasteiger charge is -2.25. The molecule has 4 nitrogen and oxygen atoms in total. The molecule has 0 aromatic rings. The molecule has 3 N–H and O–H groups in total. The highest BCUT2D eigenvalue weighted by Crippen LogP contribution is 2.07. The largest absolute Gasteiger partial charge is 0.351 e. The number of carbonyl (C=O) groups is 1. The van der Waals surface area contributed by atoms with Gasteiger partial charge in [-0.05, 0) is 38.8 Å². The highest BCUT2D eigenvalue weighted by molar-refractivity contribution is 5.85. The van der Waals surface area contributed by atoms with Crippen molar-refractivity contribution in [2.45, 2.75) is 37.8 Å². The van der Waals surface area contributed by atoms with Crippen molar-refractivity contribution in [3.63, 3.8) is 0 Å². The van der Waals surface area contributed by atoms with E-state index in [1.165, 1.54) is 6.42 Å². The Labute approximate surface area is 97.0 Å². The molecule has 0 bridgehead atoms. The number of amides is 1. The number of hydrogen-bond acceptors (Lipinski definition) is 3. The Bertz CT molecular complexity index is 201. The molecule has 0 aromatic heterocycles. The van der Waals surface area contributed by atoms with E-state index in [4.69, 9.17) is 0 Å². The number of nitrogens with one attached hydrogen (secondary N) is 3. The van der Waals surface area contributed by atoms with Gasteiger partial charge in [0.25, 0.3) is 0 Å². The molecular formula is C10H20ClN3O. The van der Waals surface area contributed by atoms with Gasteiger partial charge < -0.3 is 16.0 Å². The summed E-state index contributed by atoms with van der Waals surface area (Å²) in [6.07, 6.45) is 4.40. The average Bonchev–Trinajstić information content (AvgIpc) is 2.72. The summed E-state index contributed by atoms with van der Waals surface area (Å²) in [7, 11) is 0. The van der Waals surface area contributed by atoms with Gasteiger partial charge in [0.1, 0.15) is 0 Å². The smallest absolute Gasteiger partial charge is 0.237 e. The van der Waals surface area contributed by atoms with Gasteiger partial charge in [0.2, 0.25) is 5.91 Å². The van der Waals surface area contributed by atoms with Crippen LogP contribution in [0.3, 0.4) is 0 Å². The highest BCUT2D eigenvalue weighted by atomic mass is 35.5. The summed E-state index contributed by atoms with van der Waals surface area (Å²) in [4.78, 5) is 11.7. The summed E-state index contributed by atoms with van der Waals surface area (Å²) in [5, 5.41) is 9.61. The van der Waals surface area contributed by atoms with E-state index < -0.39 is 0 Å². The van der Waals surface area contributed by atoms with Gasteiger partial charge in [-0.15, -0.1) is 12.4 Å². The predicted molar refractivity (Wildman–Crippen MR) is 62.3 cm³/mol. The minimum Gasteiger partial charge on any atom is -0.351 e. The van der Waals surface area contributed by atoms with Crippen molar-refractivity contribution in [3.05, 3.63) is 0 Å². The second kappa shape index (κ2) is 6.30. The Morgan fingerprint density at radius 1 is 1.20 bits per heavy atom. The summed E-state index contributed by atoms with van der Waals surface area (Å²) >= 11 is 0. The monoisotopic (exact) mass is 233 g/mol. The predicted octanol–water partition coefficient (Wildman–Crippen LogP) is 0.0284. The lowest BCUT2D eigenvalue weighted by Crippen LogP contribution is -2.50. The molecule has 1 amide bonds. The Kier molecular flexibility index (Phi) is 5.36. The second-order valence-corrected chi connectivity index (χ2v) is 4.20. The lowest BCUT2D eigenvalue weighted by atomic mass is 10.1. The molecule has 2 saturated heterocycles. The fraction of sp³-hybridized carbons (Fsp3) is 0.900. The van der Waals surface area contributed by atoms with Gasteiger partial charge in [0.05, 0.1) is 6.04 Å². The van der Waals surface area contributed by atoms with Crippen LogP contribution in [0, 0.1) is 0 Å². The van der Waals surface area contributed by atoms with Crippen molar-refractivity contribution in [1.29, 1.82) is 0 Å². The number of rotatable bonds is 2. The summed E-state index contributed by atoms with van der Waals surface area (Å²) in [5.41, 5.74) is 0. The van der Waals surface area contributed by atoms with Crippen LogP contribution in [0.25, 0.3) is 0 Å². The average molecular weight is 234 g/mol. The maximum atomic E-state index is 11.7. The molecule has 2 atom stereocenters. The van der Waals surface area contributed by atoms with Gasteiger partial charge in [-0.2, -0.15) is 0 Å². The number of carbonyl (C=O) groups excluding carboxylic acids is 1. The van der Waals surface area contributed by atoms with Crippen LogP contribution in [0.1, 0.15) is 25.7 Å². The van der Waals surface area contributed by atoms with Crippen LogP contribution < -0.4 is 16.0 Å². The van der Waals surface area contributed by atoms with Gasteiger partial charge in [0, 0.05) is 12.6 Å². The van der Waals surface area contributed by atoms with Gasteiger partial charge in [-0.1, -0.05) is 0 Å². The summed E-state index contributed by atoms with van der Waals surface area (Å²) in [6.45, 7) is 3.01. The van der Waals surface area contributed by atoms with E-state index in [0.717, 1.165) is 38.9 Å². The fourth-order valence-electron chi connectivity index (χ4n) is 2.19. The number of piperidine rings is 1. The first-order chi connectivity index (χ1) is 6.86. The Balaban J connectivity index is 0.00000112. The summed E-state index contributed by atoms with van der Waals surface area (Å²) in [6, 6.07) is 0.413. The van der Waals surface area contributed by atoms with E-state index in [0.29, 0.717) is 6.04 Å². The molecule has 2 heterocycles. The van der Waals surface area contributed by atoms with Crippen molar-refractivity contribution in [3.8, 4) is 0 Å². The maximum Gasteiger partial charge on any atom is 0.237 e. The molecular weight excluding hydrogens is 214 g/mol. The third-order valence-electron chi connectivity index (χ3n) is 3.02. The third kappa shape index (κ3) is 3.63. The van der Waals surface area contributed by atoms with Crippen molar-refractivity contribution in [2.24, 2.45) is 0 Å². The van der Waals surface area contributed by atoms with E-state index in [9.17, 15) is 4.79 Å². The molecule has 0 aromatic carbocycles. The SMILES string of the molecule is Cl.O=C(NC1CCCNC1)[C@H]1CCCN1. The molecule has 0 spiro atoms. The third-order valence-corrected chi connectivity index (χ3v) is 3.02. The van der Waals surface area contributed by atoms with Crippen molar-refractivity contribution < 1.29 is 4.79 Å². The standard InChI is InChI=1S/C10H19N3O.ClH/c14-10(9-4-2-6-12-9)13-8-3-1-5-11-7-8;/h8-9,11-12H,1-7H2,(H,13,14);1H/t8?,9-;/m1./s1. The zero-order valence-electron chi connectivity index (χ0n) is 8.92. The van der Waals surface area contributed by atoms with Crippen LogP contribution in [-0.2, 0) is 4.79 Å². The van der Waals surface area contributed by atoms with Crippen LogP contribution in [0.5, 0.6) is 0 Å². The van der Waals surface area contributed by atoms with E-state index in [2.05, 4.69) is 16.0 Å². The Morgan fingerprint density at radius 2 is 2.00 bits per heavy atom. The first kappa shape index (κ1) is 12.7. The Morgan fingerprint density at radius 3 is 2.60 bits per heavy atom. The van der Waals surface area contributed by atoms with Crippen molar-refractivity contribution >= 4 is 18.3 Å². The van der Waals surface area contributed by atoms with E-state index in [1.54, 1.807) is 0 Å². The molecule has 2 fully saturated rings. The van der Waals surface area contributed by atoms with Gasteiger partial charge >= 0.3 is 0 Å². The van der Waals surface area contributed by atoms with Crippen molar-refractivity contribution in [2.75, 3.05) is 19.6 Å². The Hall–Kier alpha value is -0.320. The van der Waals surface area contributed by atoms with Crippen LogP contribution >= 0.6 is 12.4 Å². The first-order valence-electron chi connectivity index (χ1n) is 5.61. The molecule has 2 rings (SSSR count). The van der Waals surface area contributed by atoms with Gasteiger partial charge in [-0.25, -0.2) is 0 Å². The first-order valence-corrected chi connectivity index (χ1v) is 5.61. The molecule has 0 saturated carbocycles. The summed E-state index contributed by atoms with van der Waals surface area (Å²) < 4.78 is 0. The highest BCUT2D eigenvalue weighted by Gasteiger charge is 2.24. The zero-order chi connectivity index (χ0) is 9.80. The fourth-order valence-corrected chi connectivity index (χ4v) is 2.19. The van der Waals surface area contributed by atoms with E-state index >= 15 is 0 Å². The molecule has 15 heavy (non-hydrogen) atoms. The lowest BCUT2D eigenvalue weighted by molar-refractivity contribution is -0.123. The van der Waals surface area contributed by atoms with E-state index in [1.807, 2.05) is 0 Å². The molecule has 1 unspecified atom stereocenters. The summed E-state index contributed by atoms with van der Waals surface area (Å²) in [5.74, 6) is 0.191. The van der Waals surface area contributed by atoms with Crippen molar-refractivity contribution in [1.82, 2.24) is 16.0 Å². The maximum absolute atomic E-state index is 11.7. The van der Waals surface area contributed by atoms with Gasteiger partial charge in [-0.3, -0.25) is 4.79 Å². The van der Waals surface area contributed by atoms with Crippen LogP contribution in [0.4, 0.5) is 0 Å². The number of halogens is 1.